The molecule has 7 nitrogen and oxygen atoms in total. The summed E-state index contributed by atoms with van der Waals surface area (Å²) in [6, 6.07) is 7.05. The van der Waals surface area contributed by atoms with Crippen molar-refractivity contribution in [3.63, 3.8) is 0 Å². The van der Waals surface area contributed by atoms with Crippen LogP contribution in [0.5, 0.6) is 5.75 Å². The Kier molecular flexibility index (Phi) is 7.34. The van der Waals surface area contributed by atoms with E-state index in [4.69, 9.17) is 9.26 Å². The summed E-state index contributed by atoms with van der Waals surface area (Å²) in [5.74, 6) is 1.23. The fourth-order valence-electron chi connectivity index (χ4n) is 1.72. The Hall–Kier alpha value is -2.12. The molecule has 0 atom stereocenters. The van der Waals surface area contributed by atoms with Crippen molar-refractivity contribution in [1.29, 1.82) is 0 Å². The van der Waals surface area contributed by atoms with Crippen LogP contribution in [0.15, 0.2) is 28.8 Å². The number of hydrogen-bond acceptors (Lipinski definition) is 6. The highest BCUT2D eigenvalue weighted by Crippen LogP contribution is 2.18. The maximum Gasteiger partial charge on any atom is 0.255 e. The van der Waals surface area contributed by atoms with Gasteiger partial charge in [0.2, 0.25) is 11.7 Å². The van der Waals surface area contributed by atoms with Gasteiger partial charge in [-0.25, -0.2) is 0 Å². The molecule has 0 fully saturated rings. The number of nitrogens with zero attached hydrogens (tertiary/aromatic N) is 2. The van der Waals surface area contributed by atoms with Crippen molar-refractivity contribution < 1.29 is 14.1 Å². The van der Waals surface area contributed by atoms with Crippen LogP contribution in [-0.2, 0) is 6.61 Å². The molecule has 0 unspecified atom stereocenters. The van der Waals surface area contributed by atoms with E-state index in [2.05, 4.69) is 20.8 Å². The summed E-state index contributed by atoms with van der Waals surface area (Å²) in [5.41, 5.74) is 0.480. The molecular weight excluding hydrogens is 308 g/mol. The summed E-state index contributed by atoms with van der Waals surface area (Å²) in [6.45, 7) is 3.11. The minimum Gasteiger partial charge on any atom is -0.485 e. The van der Waals surface area contributed by atoms with E-state index in [1.54, 1.807) is 31.2 Å². The summed E-state index contributed by atoms with van der Waals surface area (Å²) >= 11 is 0. The van der Waals surface area contributed by atoms with E-state index in [9.17, 15) is 4.79 Å². The summed E-state index contributed by atoms with van der Waals surface area (Å²) in [4.78, 5) is 16.1. The molecular formula is C14H19ClN4O3. The van der Waals surface area contributed by atoms with Gasteiger partial charge in [-0.05, 0) is 19.2 Å². The highest BCUT2D eigenvalue weighted by Gasteiger charge is 2.12. The molecule has 1 aromatic carbocycles. The van der Waals surface area contributed by atoms with E-state index in [0.717, 1.165) is 0 Å². The molecule has 0 aliphatic rings. The Morgan fingerprint density at radius 3 is 2.77 bits per heavy atom. The van der Waals surface area contributed by atoms with Gasteiger partial charge in [0.25, 0.3) is 5.91 Å². The number of halogens is 1. The maximum absolute atomic E-state index is 12.1. The Balaban J connectivity index is 0.00000242. The average Bonchev–Trinajstić information content (AvgIpc) is 2.91. The lowest BCUT2D eigenvalue weighted by Crippen LogP contribution is -2.30. The number of amides is 1. The molecule has 0 aliphatic carbocycles. The second-order valence-electron chi connectivity index (χ2n) is 4.37. The lowest BCUT2D eigenvalue weighted by atomic mass is 10.2. The van der Waals surface area contributed by atoms with Crippen molar-refractivity contribution in [1.82, 2.24) is 20.8 Å². The molecule has 22 heavy (non-hydrogen) atoms. The molecule has 0 aliphatic heterocycles. The Morgan fingerprint density at radius 1 is 1.32 bits per heavy atom. The van der Waals surface area contributed by atoms with E-state index < -0.39 is 0 Å². The van der Waals surface area contributed by atoms with Gasteiger partial charge >= 0.3 is 0 Å². The molecule has 1 amide bonds. The maximum atomic E-state index is 12.1. The quantitative estimate of drug-likeness (QED) is 0.746. The third-order valence-electron chi connectivity index (χ3n) is 2.72. The van der Waals surface area contributed by atoms with Gasteiger partial charge in [0, 0.05) is 20.0 Å². The van der Waals surface area contributed by atoms with Crippen LogP contribution in [0.3, 0.4) is 0 Å². The van der Waals surface area contributed by atoms with Gasteiger partial charge in [0.15, 0.2) is 6.61 Å². The molecule has 2 N–H and O–H groups in total. The standard InChI is InChI=1S/C14H18N4O3.ClH/c1-10-17-13(18-21-10)9-20-12-6-4-3-5-11(12)14(19)16-8-7-15-2;/h3-6,15H,7-9H2,1-2H3,(H,16,19);1H. The van der Waals surface area contributed by atoms with Crippen LogP contribution in [0.4, 0.5) is 0 Å². The van der Waals surface area contributed by atoms with E-state index in [-0.39, 0.29) is 24.9 Å². The van der Waals surface area contributed by atoms with Crippen molar-refractivity contribution in [2.24, 2.45) is 0 Å². The van der Waals surface area contributed by atoms with E-state index in [1.807, 2.05) is 7.05 Å². The lowest BCUT2D eigenvalue weighted by molar-refractivity contribution is 0.0949. The number of carbonyl (C=O) groups excluding carboxylic acids is 1. The molecule has 0 saturated carbocycles. The summed E-state index contributed by atoms with van der Waals surface area (Å²) in [5, 5.41) is 9.52. The molecule has 1 heterocycles. The number of nitrogens with one attached hydrogen (secondary N) is 2. The van der Waals surface area contributed by atoms with Gasteiger partial charge in [-0.15, -0.1) is 12.4 Å². The average molecular weight is 327 g/mol. The number of aromatic nitrogens is 2. The van der Waals surface area contributed by atoms with Crippen LogP contribution >= 0.6 is 12.4 Å². The number of aryl methyl sites for hydroxylation is 1. The number of benzene rings is 1. The summed E-state index contributed by atoms with van der Waals surface area (Å²) in [7, 11) is 1.83. The summed E-state index contributed by atoms with van der Waals surface area (Å²) in [6.07, 6.45) is 0. The predicted octanol–water partition coefficient (Wildman–Crippen LogP) is 1.33. The number of para-hydroxylation sites is 1. The molecule has 0 bridgehead atoms. The fourth-order valence-corrected chi connectivity index (χ4v) is 1.72. The lowest BCUT2D eigenvalue weighted by Gasteiger charge is -2.10. The van der Waals surface area contributed by atoms with Crippen LogP contribution in [0.1, 0.15) is 22.1 Å². The molecule has 1 aromatic heterocycles. The largest absolute Gasteiger partial charge is 0.485 e. The molecule has 8 heteroatoms. The highest BCUT2D eigenvalue weighted by atomic mass is 35.5. The first kappa shape index (κ1) is 17.9. The van der Waals surface area contributed by atoms with Crippen molar-refractivity contribution in [2.75, 3.05) is 20.1 Å². The Bertz CT molecular complexity index is 603. The van der Waals surface area contributed by atoms with E-state index in [1.165, 1.54) is 0 Å². The van der Waals surface area contributed by atoms with Gasteiger partial charge in [-0.2, -0.15) is 4.98 Å². The zero-order chi connectivity index (χ0) is 15.1. The molecule has 2 rings (SSSR count). The highest BCUT2D eigenvalue weighted by molar-refractivity contribution is 5.96. The van der Waals surface area contributed by atoms with Gasteiger partial charge in [-0.1, -0.05) is 17.3 Å². The number of rotatable bonds is 7. The van der Waals surface area contributed by atoms with Crippen molar-refractivity contribution in [2.45, 2.75) is 13.5 Å². The van der Waals surface area contributed by atoms with Crippen LogP contribution in [0.25, 0.3) is 0 Å². The Morgan fingerprint density at radius 2 is 2.09 bits per heavy atom. The summed E-state index contributed by atoms with van der Waals surface area (Å²) < 4.78 is 10.5. The second-order valence-corrected chi connectivity index (χ2v) is 4.37. The van der Waals surface area contributed by atoms with Crippen LogP contribution in [-0.4, -0.2) is 36.2 Å². The number of ether oxygens (including phenoxy) is 1. The minimum atomic E-state index is -0.176. The number of carbonyl (C=O) groups is 1. The number of likely N-dealkylation sites (N-methyl/N-ethyl adjacent to an activating group) is 1. The van der Waals surface area contributed by atoms with Crippen molar-refractivity contribution in [3.8, 4) is 5.75 Å². The van der Waals surface area contributed by atoms with Gasteiger partial charge < -0.3 is 19.9 Å². The second kappa shape index (κ2) is 9.01. The fraction of sp³-hybridized carbons (Fsp3) is 0.357. The smallest absolute Gasteiger partial charge is 0.255 e. The van der Waals surface area contributed by atoms with Gasteiger partial charge in [-0.3, -0.25) is 4.79 Å². The van der Waals surface area contributed by atoms with Crippen LogP contribution in [0.2, 0.25) is 0 Å². The zero-order valence-corrected chi connectivity index (χ0v) is 13.3. The monoisotopic (exact) mass is 326 g/mol. The topological polar surface area (TPSA) is 89.3 Å². The first-order valence-electron chi connectivity index (χ1n) is 6.64. The van der Waals surface area contributed by atoms with Gasteiger partial charge in [0.05, 0.1) is 5.56 Å². The first-order chi connectivity index (χ1) is 10.2. The van der Waals surface area contributed by atoms with Crippen LogP contribution < -0.4 is 15.4 Å². The van der Waals surface area contributed by atoms with Crippen LogP contribution in [0, 0.1) is 6.92 Å². The Labute approximate surface area is 134 Å². The molecule has 2 aromatic rings. The van der Waals surface area contributed by atoms with E-state index in [0.29, 0.717) is 36.1 Å². The first-order valence-corrected chi connectivity index (χ1v) is 6.64. The SMILES string of the molecule is CNCCNC(=O)c1ccccc1OCc1noc(C)n1.Cl. The van der Waals surface area contributed by atoms with Gasteiger partial charge in [0.1, 0.15) is 5.75 Å². The van der Waals surface area contributed by atoms with Crippen molar-refractivity contribution in [3.05, 3.63) is 41.5 Å². The zero-order valence-electron chi connectivity index (χ0n) is 12.5. The molecule has 0 radical (unpaired) electrons. The molecule has 120 valence electrons. The van der Waals surface area contributed by atoms with E-state index >= 15 is 0 Å². The number of hydrogen-bond donors (Lipinski definition) is 2. The normalized spacial score (nSPS) is 9.91. The molecule has 0 saturated heterocycles. The third-order valence-corrected chi connectivity index (χ3v) is 2.72. The van der Waals surface area contributed by atoms with Crippen molar-refractivity contribution >= 4 is 18.3 Å². The predicted molar refractivity (Wildman–Crippen MR) is 83.3 cm³/mol. The minimum absolute atomic E-state index is 0. The third kappa shape index (κ3) is 5.01. The molecule has 0 spiro atoms.